The van der Waals surface area contributed by atoms with E-state index in [2.05, 4.69) is 23.2 Å². The molecule has 0 spiro atoms. The van der Waals surface area contributed by atoms with Crippen LogP contribution in [0, 0.1) is 12.3 Å². The van der Waals surface area contributed by atoms with Crippen LogP contribution >= 0.6 is 0 Å². The molecule has 0 saturated carbocycles. The highest BCUT2D eigenvalue weighted by Crippen LogP contribution is 2.30. The monoisotopic (exact) mass is 342 g/mol. The first-order valence-corrected chi connectivity index (χ1v) is 8.62. The van der Waals surface area contributed by atoms with Gasteiger partial charge in [-0.15, -0.1) is 6.42 Å². The van der Waals surface area contributed by atoms with Crippen LogP contribution in [0.2, 0.25) is 0 Å². The first-order chi connectivity index (χ1) is 12.8. The van der Waals surface area contributed by atoms with E-state index in [-0.39, 0.29) is 5.91 Å². The second kappa shape index (κ2) is 6.89. The van der Waals surface area contributed by atoms with E-state index < -0.39 is 0 Å². The van der Waals surface area contributed by atoms with Gasteiger partial charge in [0.15, 0.2) is 5.76 Å². The Morgan fingerprint density at radius 3 is 2.65 bits per heavy atom. The second-order valence-corrected chi connectivity index (χ2v) is 6.44. The number of likely N-dealkylation sites (tertiary alicyclic amines) is 1. The summed E-state index contributed by atoms with van der Waals surface area (Å²) >= 11 is 0. The number of carbonyl (C=O) groups is 1. The second-order valence-electron chi connectivity index (χ2n) is 6.44. The number of hydrogen-bond acceptors (Lipinski definition) is 3. The third-order valence-electron chi connectivity index (χ3n) is 4.86. The van der Waals surface area contributed by atoms with Crippen LogP contribution in [0.5, 0.6) is 0 Å². The van der Waals surface area contributed by atoms with Gasteiger partial charge in [-0.3, -0.25) is 4.79 Å². The Bertz CT molecular complexity index is 952. The van der Waals surface area contributed by atoms with Gasteiger partial charge in [0.2, 0.25) is 0 Å². The fraction of sp³-hybridized carbons (Fsp3) is 0.182. The van der Waals surface area contributed by atoms with E-state index in [9.17, 15) is 4.79 Å². The lowest BCUT2D eigenvalue weighted by atomic mass is 9.99. The van der Waals surface area contributed by atoms with E-state index in [0.717, 1.165) is 24.1 Å². The predicted octanol–water partition coefficient (Wildman–Crippen LogP) is 3.95. The number of terminal acetylenes is 1. The third kappa shape index (κ3) is 3.00. The molecule has 0 bridgehead atoms. The zero-order chi connectivity index (χ0) is 17.9. The molecule has 1 unspecified atom stereocenters. The van der Waals surface area contributed by atoms with Gasteiger partial charge in [-0.25, -0.2) is 0 Å². The van der Waals surface area contributed by atoms with Crippen molar-refractivity contribution in [3.05, 3.63) is 77.5 Å². The van der Waals surface area contributed by atoms with Crippen LogP contribution in [0.4, 0.5) is 0 Å². The molecule has 128 valence electrons. The summed E-state index contributed by atoms with van der Waals surface area (Å²) < 4.78 is 5.37. The van der Waals surface area contributed by atoms with Crippen LogP contribution in [0.15, 0.2) is 65.3 Å². The summed E-state index contributed by atoms with van der Waals surface area (Å²) in [5, 5.41) is 3.85. The molecule has 4 rings (SSSR count). The summed E-state index contributed by atoms with van der Waals surface area (Å²) in [6, 6.07) is 17.7. The van der Waals surface area contributed by atoms with Crippen LogP contribution < -0.4 is 0 Å². The van der Waals surface area contributed by atoms with Crippen molar-refractivity contribution in [3.8, 4) is 23.7 Å². The molecule has 1 aliphatic rings. The molecule has 1 aliphatic heterocycles. The molecule has 2 heterocycles. The molecule has 3 aromatic rings. The van der Waals surface area contributed by atoms with E-state index in [0.29, 0.717) is 23.8 Å². The third-order valence-corrected chi connectivity index (χ3v) is 4.86. The van der Waals surface area contributed by atoms with Crippen LogP contribution in [0.3, 0.4) is 0 Å². The van der Waals surface area contributed by atoms with Crippen molar-refractivity contribution in [1.29, 1.82) is 0 Å². The molecule has 4 nitrogen and oxygen atoms in total. The van der Waals surface area contributed by atoms with Gasteiger partial charge < -0.3 is 9.42 Å². The van der Waals surface area contributed by atoms with E-state index in [4.69, 9.17) is 10.9 Å². The molecule has 1 atom stereocenters. The molecule has 4 heteroatoms. The van der Waals surface area contributed by atoms with E-state index in [1.807, 2.05) is 47.4 Å². The van der Waals surface area contributed by atoms with Gasteiger partial charge in [-0.2, -0.15) is 0 Å². The van der Waals surface area contributed by atoms with Crippen molar-refractivity contribution in [3.63, 3.8) is 0 Å². The maximum Gasteiger partial charge on any atom is 0.259 e. The fourth-order valence-electron chi connectivity index (χ4n) is 3.43. The number of amides is 1. The SMILES string of the molecule is C#Cc1ccc(-c2oncc2C(=O)N2CCC(c3ccccc3)C2)cc1. The summed E-state index contributed by atoms with van der Waals surface area (Å²) in [5.74, 6) is 3.40. The highest BCUT2D eigenvalue weighted by atomic mass is 16.5. The van der Waals surface area contributed by atoms with Gasteiger partial charge >= 0.3 is 0 Å². The molecular weight excluding hydrogens is 324 g/mol. The highest BCUT2D eigenvalue weighted by molar-refractivity contribution is 5.99. The smallest absolute Gasteiger partial charge is 0.259 e. The summed E-state index contributed by atoms with van der Waals surface area (Å²) in [4.78, 5) is 14.9. The molecule has 0 N–H and O–H groups in total. The lowest BCUT2D eigenvalue weighted by molar-refractivity contribution is 0.0791. The Morgan fingerprint density at radius 2 is 1.92 bits per heavy atom. The minimum atomic E-state index is -0.0410. The van der Waals surface area contributed by atoms with Crippen LogP contribution in [-0.2, 0) is 0 Å². The van der Waals surface area contributed by atoms with Gasteiger partial charge in [-0.1, -0.05) is 41.4 Å². The van der Waals surface area contributed by atoms with Crippen LogP contribution in [0.1, 0.15) is 33.8 Å². The molecule has 1 amide bonds. The maximum atomic E-state index is 13.0. The summed E-state index contributed by atoms with van der Waals surface area (Å²) in [5.41, 5.74) is 3.35. The normalized spacial score (nSPS) is 16.4. The highest BCUT2D eigenvalue weighted by Gasteiger charge is 2.30. The lowest BCUT2D eigenvalue weighted by Gasteiger charge is -2.16. The van der Waals surface area contributed by atoms with E-state index in [1.165, 1.54) is 11.8 Å². The lowest BCUT2D eigenvalue weighted by Crippen LogP contribution is -2.28. The van der Waals surface area contributed by atoms with Crippen molar-refractivity contribution in [2.75, 3.05) is 13.1 Å². The van der Waals surface area contributed by atoms with Gasteiger partial charge in [0, 0.05) is 30.1 Å². The Hall–Kier alpha value is -3.32. The van der Waals surface area contributed by atoms with Gasteiger partial charge in [-0.05, 0) is 36.2 Å². The molecule has 1 aromatic heterocycles. The Morgan fingerprint density at radius 1 is 1.15 bits per heavy atom. The largest absolute Gasteiger partial charge is 0.355 e. The molecular formula is C22H18N2O2. The van der Waals surface area contributed by atoms with Crippen LogP contribution in [0.25, 0.3) is 11.3 Å². The average Bonchev–Trinajstić information content (AvgIpc) is 3.38. The number of carbonyl (C=O) groups excluding carboxylic acids is 1. The summed E-state index contributed by atoms with van der Waals surface area (Å²) in [6.45, 7) is 1.45. The Kier molecular flexibility index (Phi) is 4.28. The number of nitrogens with zero attached hydrogens (tertiary/aromatic N) is 2. The van der Waals surface area contributed by atoms with Crippen molar-refractivity contribution >= 4 is 5.91 Å². The summed E-state index contributed by atoms with van der Waals surface area (Å²) in [7, 11) is 0. The van der Waals surface area contributed by atoms with Gasteiger partial charge in [0.05, 0.1) is 6.20 Å². The Labute approximate surface area is 152 Å². The molecule has 1 fully saturated rings. The van der Waals surface area contributed by atoms with Gasteiger partial charge in [0.25, 0.3) is 5.91 Å². The Balaban J connectivity index is 1.55. The van der Waals surface area contributed by atoms with Crippen molar-refractivity contribution in [1.82, 2.24) is 10.1 Å². The standard InChI is InChI=1S/C22H18N2O2/c1-2-16-8-10-18(11-9-16)21-20(14-23-26-21)22(25)24-13-12-19(15-24)17-6-4-3-5-7-17/h1,3-11,14,19H,12-13,15H2. The number of rotatable bonds is 3. The fourth-order valence-corrected chi connectivity index (χ4v) is 3.43. The molecule has 0 aliphatic carbocycles. The number of benzene rings is 2. The van der Waals surface area contributed by atoms with E-state index in [1.54, 1.807) is 0 Å². The van der Waals surface area contributed by atoms with Crippen LogP contribution in [-0.4, -0.2) is 29.1 Å². The first kappa shape index (κ1) is 16.2. The maximum absolute atomic E-state index is 13.0. The zero-order valence-corrected chi connectivity index (χ0v) is 14.3. The van der Waals surface area contributed by atoms with Crippen molar-refractivity contribution in [2.45, 2.75) is 12.3 Å². The minimum absolute atomic E-state index is 0.0410. The molecule has 26 heavy (non-hydrogen) atoms. The quantitative estimate of drug-likeness (QED) is 0.677. The van der Waals surface area contributed by atoms with Crippen molar-refractivity contribution in [2.24, 2.45) is 0 Å². The summed E-state index contributed by atoms with van der Waals surface area (Å²) in [6.07, 6.45) is 7.86. The molecule has 1 saturated heterocycles. The number of hydrogen-bond donors (Lipinski definition) is 0. The van der Waals surface area contributed by atoms with Crippen molar-refractivity contribution < 1.29 is 9.32 Å². The molecule has 0 radical (unpaired) electrons. The zero-order valence-electron chi connectivity index (χ0n) is 14.3. The molecule has 2 aromatic carbocycles. The van der Waals surface area contributed by atoms with E-state index >= 15 is 0 Å². The number of aromatic nitrogens is 1. The first-order valence-electron chi connectivity index (χ1n) is 8.62. The topological polar surface area (TPSA) is 46.3 Å². The van der Waals surface area contributed by atoms with Gasteiger partial charge in [0.1, 0.15) is 5.56 Å². The average molecular weight is 342 g/mol. The minimum Gasteiger partial charge on any atom is -0.355 e. The predicted molar refractivity (Wildman–Crippen MR) is 99.6 cm³/mol.